The first-order valence-corrected chi connectivity index (χ1v) is 11.0. The third-order valence-electron chi connectivity index (χ3n) is 5.90. The second-order valence-corrected chi connectivity index (χ2v) is 8.04. The molecule has 1 aliphatic heterocycles. The van der Waals surface area contributed by atoms with Gasteiger partial charge in [0.25, 0.3) is 0 Å². The zero-order chi connectivity index (χ0) is 20.3. The number of rotatable bonds is 10. The standard InChI is InChI=1S/C25H33FN2O/c26-24-16-14-23(15-17-24)25(27-29)13-5-4-11-21-9-2-3-10-22(21)12-8-20-28-18-6-1-7-19-28/h2-3,9-10,14-17,29H,1,4-8,11-13,18-20H2. The second kappa shape index (κ2) is 11.7. The van der Waals surface area contributed by atoms with Crippen LogP contribution in [0.15, 0.2) is 53.7 Å². The Labute approximate surface area is 174 Å². The van der Waals surface area contributed by atoms with Crippen LogP contribution in [0, 0.1) is 5.82 Å². The molecule has 0 amide bonds. The van der Waals surface area contributed by atoms with Crippen LogP contribution in [0.4, 0.5) is 4.39 Å². The van der Waals surface area contributed by atoms with Crippen molar-refractivity contribution in [3.8, 4) is 0 Å². The first-order valence-electron chi connectivity index (χ1n) is 11.0. The van der Waals surface area contributed by atoms with Gasteiger partial charge >= 0.3 is 0 Å². The third-order valence-corrected chi connectivity index (χ3v) is 5.90. The van der Waals surface area contributed by atoms with E-state index in [9.17, 15) is 9.60 Å². The van der Waals surface area contributed by atoms with E-state index in [0.717, 1.165) is 31.2 Å². The lowest BCUT2D eigenvalue weighted by atomic mass is 9.96. The van der Waals surface area contributed by atoms with Crippen molar-refractivity contribution in [2.24, 2.45) is 5.16 Å². The van der Waals surface area contributed by atoms with Gasteiger partial charge in [0.2, 0.25) is 0 Å². The van der Waals surface area contributed by atoms with Gasteiger partial charge in [0.15, 0.2) is 0 Å². The van der Waals surface area contributed by atoms with Crippen molar-refractivity contribution in [3.63, 3.8) is 0 Å². The monoisotopic (exact) mass is 396 g/mol. The topological polar surface area (TPSA) is 35.8 Å². The van der Waals surface area contributed by atoms with Crippen LogP contribution in [0.5, 0.6) is 0 Å². The van der Waals surface area contributed by atoms with Crippen LogP contribution >= 0.6 is 0 Å². The van der Waals surface area contributed by atoms with E-state index < -0.39 is 0 Å². The molecule has 2 aromatic rings. The van der Waals surface area contributed by atoms with Gasteiger partial charge in [0, 0.05) is 0 Å². The number of piperidine rings is 1. The summed E-state index contributed by atoms with van der Waals surface area (Å²) in [6.45, 7) is 3.75. The number of nitrogens with zero attached hydrogens (tertiary/aromatic N) is 2. The maximum absolute atomic E-state index is 13.1. The Morgan fingerprint density at radius 1 is 0.862 bits per heavy atom. The van der Waals surface area contributed by atoms with E-state index in [1.807, 2.05) is 0 Å². The van der Waals surface area contributed by atoms with E-state index in [0.29, 0.717) is 12.1 Å². The molecule has 156 valence electrons. The normalized spacial score (nSPS) is 15.6. The Morgan fingerprint density at radius 2 is 1.52 bits per heavy atom. The minimum absolute atomic E-state index is 0.275. The lowest BCUT2D eigenvalue weighted by Crippen LogP contribution is -2.30. The molecule has 2 aromatic carbocycles. The van der Waals surface area contributed by atoms with Crippen LogP contribution in [-0.4, -0.2) is 35.5 Å². The van der Waals surface area contributed by atoms with Crippen molar-refractivity contribution in [2.75, 3.05) is 19.6 Å². The molecule has 1 aliphatic rings. The van der Waals surface area contributed by atoms with Crippen LogP contribution in [-0.2, 0) is 12.8 Å². The summed E-state index contributed by atoms with van der Waals surface area (Å²) in [6, 6.07) is 14.9. The van der Waals surface area contributed by atoms with E-state index in [-0.39, 0.29) is 5.82 Å². The van der Waals surface area contributed by atoms with Gasteiger partial charge in [0.1, 0.15) is 5.82 Å². The smallest absolute Gasteiger partial charge is 0.123 e. The van der Waals surface area contributed by atoms with Crippen LogP contribution in [0.3, 0.4) is 0 Å². The Morgan fingerprint density at radius 3 is 2.17 bits per heavy atom. The highest BCUT2D eigenvalue weighted by molar-refractivity contribution is 6.00. The molecule has 1 N–H and O–H groups in total. The van der Waals surface area contributed by atoms with Gasteiger partial charge < -0.3 is 10.1 Å². The Kier molecular flexibility index (Phi) is 8.69. The number of unbranched alkanes of at least 4 members (excludes halogenated alkanes) is 1. The largest absolute Gasteiger partial charge is 0.411 e. The average Bonchev–Trinajstić information content (AvgIpc) is 2.76. The lowest BCUT2D eigenvalue weighted by Gasteiger charge is -2.26. The Balaban J connectivity index is 1.43. The highest BCUT2D eigenvalue weighted by atomic mass is 19.1. The van der Waals surface area contributed by atoms with Gasteiger partial charge in [-0.3, -0.25) is 0 Å². The summed E-state index contributed by atoms with van der Waals surface area (Å²) in [7, 11) is 0. The first-order chi connectivity index (χ1) is 14.3. The molecule has 0 radical (unpaired) electrons. The van der Waals surface area contributed by atoms with Gasteiger partial charge in [-0.15, -0.1) is 0 Å². The van der Waals surface area contributed by atoms with Crippen LogP contribution in [0.2, 0.25) is 0 Å². The summed E-state index contributed by atoms with van der Waals surface area (Å²) in [5, 5.41) is 12.7. The highest BCUT2D eigenvalue weighted by Crippen LogP contribution is 2.17. The number of hydrogen-bond donors (Lipinski definition) is 1. The number of oxime groups is 1. The summed E-state index contributed by atoms with van der Waals surface area (Å²) in [5.74, 6) is -0.275. The molecule has 0 spiro atoms. The van der Waals surface area contributed by atoms with Crippen molar-refractivity contribution >= 4 is 5.71 Å². The van der Waals surface area contributed by atoms with Crippen molar-refractivity contribution in [1.82, 2.24) is 4.90 Å². The van der Waals surface area contributed by atoms with E-state index in [2.05, 4.69) is 34.3 Å². The quantitative estimate of drug-likeness (QED) is 0.237. The molecule has 1 heterocycles. The van der Waals surface area contributed by atoms with Gasteiger partial charge in [-0.1, -0.05) is 48.0 Å². The van der Waals surface area contributed by atoms with Gasteiger partial charge in [0.05, 0.1) is 5.71 Å². The SMILES string of the molecule is ON=C(CCCCc1ccccc1CCCN1CCCCC1)c1ccc(F)cc1. The molecule has 1 saturated heterocycles. The Hall–Kier alpha value is -2.20. The molecule has 3 nitrogen and oxygen atoms in total. The molecule has 29 heavy (non-hydrogen) atoms. The molecule has 0 atom stereocenters. The fourth-order valence-corrected chi connectivity index (χ4v) is 4.22. The predicted octanol–water partition coefficient (Wildman–Crippen LogP) is 5.84. The van der Waals surface area contributed by atoms with E-state index in [1.165, 1.54) is 68.6 Å². The van der Waals surface area contributed by atoms with E-state index >= 15 is 0 Å². The van der Waals surface area contributed by atoms with Crippen molar-refractivity contribution in [3.05, 3.63) is 71.0 Å². The Bertz CT molecular complexity index is 767. The highest BCUT2D eigenvalue weighted by Gasteiger charge is 2.10. The fourth-order valence-electron chi connectivity index (χ4n) is 4.22. The van der Waals surface area contributed by atoms with Gasteiger partial charge in [-0.25, -0.2) is 4.39 Å². The number of benzene rings is 2. The van der Waals surface area contributed by atoms with Gasteiger partial charge in [-0.2, -0.15) is 0 Å². The molecular weight excluding hydrogens is 363 g/mol. The van der Waals surface area contributed by atoms with Crippen LogP contribution < -0.4 is 0 Å². The number of likely N-dealkylation sites (tertiary alicyclic amines) is 1. The molecule has 0 bridgehead atoms. The summed E-state index contributed by atoms with van der Waals surface area (Å²) in [4.78, 5) is 2.61. The number of aryl methyl sites for hydroxylation is 2. The zero-order valence-corrected chi connectivity index (χ0v) is 17.3. The molecule has 0 aliphatic carbocycles. The molecule has 0 saturated carbocycles. The maximum Gasteiger partial charge on any atom is 0.123 e. The van der Waals surface area contributed by atoms with Crippen LogP contribution in [0.25, 0.3) is 0 Å². The average molecular weight is 397 g/mol. The summed E-state index contributed by atoms with van der Waals surface area (Å²) in [5.41, 5.74) is 4.32. The first kappa shape index (κ1) is 21.5. The predicted molar refractivity (Wildman–Crippen MR) is 117 cm³/mol. The van der Waals surface area contributed by atoms with Crippen molar-refractivity contribution in [1.29, 1.82) is 0 Å². The summed E-state index contributed by atoms with van der Waals surface area (Å²) in [6.07, 6.45) is 10.2. The molecule has 3 rings (SSSR count). The lowest BCUT2D eigenvalue weighted by molar-refractivity contribution is 0.226. The number of hydrogen-bond acceptors (Lipinski definition) is 3. The maximum atomic E-state index is 13.1. The minimum Gasteiger partial charge on any atom is -0.411 e. The molecule has 0 aromatic heterocycles. The zero-order valence-electron chi connectivity index (χ0n) is 17.3. The van der Waals surface area contributed by atoms with Crippen LogP contribution in [0.1, 0.15) is 61.6 Å². The third kappa shape index (κ3) is 6.97. The summed E-state index contributed by atoms with van der Waals surface area (Å²) >= 11 is 0. The van der Waals surface area contributed by atoms with Crippen molar-refractivity contribution < 1.29 is 9.60 Å². The van der Waals surface area contributed by atoms with Crippen molar-refractivity contribution in [2.45, 2.75) is 57.8 Å². The van der Waals surface area contributed by atoms with Gasteiger partial charge in [-0.05, 0) is 99.8 Å². The minimum atomic E-state index is -0.275. The molecule has 4 heteroatoms. The second-order valence-electron chi connectivity index (χ2n) is 8.04. The molecule has 1 fully saturated rings. The molecular formula is C25H33FN2O. The van der Waals surface area contributed by atoms with E-state index in [4.69, 9.17) is 0 Å². The molecule has 0 unspecified atom stereocenters. The van der Waals surface area contributed by atoms with E-state index in [1.54, 1.807) is 12.1 Å². The fraction of sp³-hybridized carbons (Fsp3) is 0.480. The summed E-state index contributed by atoms with van der Waals surface area (Å²) < 4.78 is 13.1. The number of halogens is 1.